The molecule has 0 bridgehead atoms. The highest BCUT2D eigenvalue weighted by atomic mass is 79.9. The predicted molar refractivity (Wildman–Crippen MR) is 104 cm³/mol. The Kier molecular flexibility index (Phi) is 4.82. The lowest BCUT2D eigenvalue weighted by Crippen LogP contribution is -2.26. The van der Waals surface area contributed by atoms with Crippen molar-refractivity contribution in [3.05, 3.63) is 45.3 Å². The van der Waals surface area contributed by atoms with Gasteiger partial charge >= 0.3 is 0 Å². The number of nitrogens with zero attached hydrogens (tertiary/aromatic N) is 3. The molecule has 3 aromatic rings. The van der Waals surface area contributed by atoms with Crippen LogP contribution in [0, 0.1) is 0 Å². The molecule has 0 aliphatic carbocycles. The second-order valence-corrected chi connectivity index (χ2v) is 7.70. The third-order valence-corrected chi connectivity index (χ3v) is 4.15. The molecule has 26 heavy (non-hydrogen) atoms. The summed E-state index contributed by atoms with van der Waals surface area (Å²) in [5, 5.41) is 10.3. The fourth-order valence-electron chi connectivity index (χ4n) is 2.40. The van der Waals surface area contributed by atoms with Gasteiger partial charge in [0, 0.05) is 10.2 Å². The van der Waals surface area contributed by atoms with E-state index in [1.165, 1.54) is 6.20 Å². The maximum atomic E-state index is 12.2. The number of nitrogens with one attached hydrogen (secondary N) is 3. The van der Waals surface area contributed by atoms with Gasteiger partial charge in [-0.1, -0.05) is 15.9 Å². The van der Waals surface area contributed by atoms with Crippen molar-refractivity contribution in [1.29, 1.82) is 0 Å². The number of hydrogen-bond acceptors (Lipinski definition) is 5. The highest BCUT2D eigenvalue weighted by molar-refractivity contribution is 9.10. The molecule has 0 radical (unpaired) electrons. The van der Waals surface area contributed by atoms with E-state index in [1.807, 2.05) is 32.9 Å². The molecule has 0 atom stereocenters. The maximum Gasteiger partial charge on any atom is 0.263 e. The van der Waals surface area contributed by atoms with E-state index in [0.29, 0.717) is 16.7 Å². The molecule has 0 unspecified atom stereocenters. The molecule has 8 nitrogen and oxygen atoms in total. The summed E-state index contributed by atoms with van der Waals surface area (Å²) in [4.78, 5) is 31.3. The van der Waals surface area contributed by atoms with Crippen molar-refractivity contribution >= 4 is 44.5 Å². The van der Waals surface area contributed by atoms with Crippen LogP contribution in [0.2, 0.25) is 0 Å². The van der Waals surface area contributed by atoms with Crippen LogP contribution in [0.15, 0.2) is 39.7 Å². The molecule has 0 aliphatic rings. The average molecular weight is 419 g/mol. The average Bonchev–Trinajstić information content (AvgIpc) is 3.00. The molecule has 9 heteroatoms. The first kappa shape index (κ1) is 18.1. The van der Waals surface area contributed by atoms with Gasteiger partial charge < -0.3 is 10.6 Å². The molecule has 3 N–H and O–H groups in total. The summed E-state index contributed by atoms with van der Waals surface area (Å²) in [7, 11) is 0. The Morgan fingerprint density at radius 1 is 1.27 bits per heavy atom. The lowest BCUT2D eigenvalue weighted by Gasteiger charge is -2.19. The number of aromatic amines is 1. The number of carbonyl (C=O) groups excluding carboxylic acids is 1. The van der Waals surface area contributed by atoms with Crippen molar-refractivity contribution in [2.45, 2.75) is 26.3 Å². The van der Waals surface area contributed by atoms with Gasteiger partial charge in [-0.2, -0.15) is 10.1 Å². The van der Waals surface area contributed by atoms with Gasteiger partial charge in [-0.3, -0.25) is 14.6 Å². The summed E-state index contributed by atoms with van der Waals surface area (Å²) in [6.45, 7) is 5.89. The lowest BCUT2D eigenvalue weighted by molar-refractivity contribution is -0.114. The highest BCUT2D eigenvalue weighted by Crippen LogP contribution is 2.18. The van der Waals surface area contributed by atoms with Gasteiger partial charge in [0.15, 0.2) is 5.65 Å². The fourth-order valence-corrected chi connectivity index (χ4v) is 2.66. The first-order chi connectivity index (χ1) is 12.2. The van der Waals surface area contributed by atoms with Crippen molar-refractivity contribution in [3.8, 4) is 0 Å². The molecule has 1 amide bonds. The number of H-pyrrole nitrogens is 1. The van der Waals surface area contributed by atoms with E-state index in [-0.39, 0.29) is 29.5 Å². The molecule has 0 spiro atoms. The lowest BCUT2D eigenvalue weighted by atomic mass is 10.1. The second-order valence-electron chi connectivity index (χ2n) is 6.79. The summed E-state index contributed by atoms with van der Waals surface area (Å²) in [5.41, 5.74) is 0.528. The number of aromatic nitrogens is 4. The summed E-state index contributed by atoms with van der Waals surface area (Å²) < 4.78 is 2.61. The molecule has 136 valence electrons. The zero-order valence-electron chi connectivity index (χ0n) is 14.6. The van der Waals surface area contributed by atoms with Gasteiger partial charge in [0.25, 0.3) is 5.56 Å². The van der Waals surface area contributed by atoms with Crippen LogP contribution < -0.4 is 16.2 Å². The Morgan fingerprint density at radius 2 is 1.96 bits per heavy atom. The van der Waals surface area contributed by atoms with Gasteiger partial charge in [0.05, 0.1) is 18.3 Å². The molecule has 0 saturated heterocycles. The molecule has 0 aliphatic heterocycles. The third-order valence-electron chi connectivity index (χ3n) is 3.62. The summed E-state index contributed by atoms with van der Waals surface area (Å²) >= 11 is 3.34. The standard InChI is InChI=1S/C17H19BrN6O2/c1-17(2,3)24-14-12(8-20-24)15(26)23-16(22-14)19-9-13(25)21-11-6-4-10(18)5-7-11/h4-8H,9H2,1-3H3,(H,21,25)(H2,19,22,23,26). The zero-order valence-corrected chi connectivity index (χ0v) is 16.2. The van der Waals surface area contributed by atoms with Gasteiger partial charge in [0.2, 0.25) is 11.9 Å². The van der Waals surface area contributed by atoms with Gasteiger partial charge in [0.1, 0.15) is 5.39 Å². The monoisotopic (exact) mass is 418 g/mol. The Balaban J connectivity index is 1.75. The molecular weight excluding hydrogens is 400 g/mol. The number of halogens is 1. The molecule has 2 heterocycles. The number of rotatable bonds is 4. The van der Waals surface area contributed by atoms with E-state index >= 15 is 0 Å². The highest BCUT2D eigenvalue weighted by Gasteiger charge is 2.20. The Morgan fingerprint density at radius 3 is 2.62 bits per heavy atom. The van der Waals surface area contributed by atoms with Crippen LogP contribution in [0.3, 0.4) is 0 Å². The zero-order chi connectivity index (χ0) is 18.9. The second kappa shape index (κ2) is 6.91. The first-order valence-electron chi connectivity index (χ1n) is 8.02. The molecule has 0 saturated carbocycles. The SMILES string of the molecule is CC(C)(C)n1ncc2c(=O)[nH]c(NCC(=O)Nc3ccc(Br)cc3)nc21. The minimum absolute atomic E-state index is 0.0336. The van der Waals surface area contributed by atoms with Crippen molar-refractivity contribution in [3.63, 3.8) is 0 Å². The number of amides is 1. The van der Waals surface area contributed by atoms with Crippen LogP contribution >= 0.6 is 15.9 Å². The maximum absolute atomic E-state index is 12.2. The van der Waals surface area contributed by atoms with Crippen LogP contribution in [0.1, 0.15) is 20.8 Å². The Bertz CT molecular complexity index is 1000. The van der Waals surface area contributed by atoms with Gasteiger partial charge in [-0.15, -0.1) is 0 Å². The molecular formula is C17H19BrN6O2. The van der Waals surface area contributed by atoms with Crippen LogP contribution in [-0.2, 0) is 10.3 Å². The third kappa shape index (κ3) is 3.93. The first-order valence-corrected chi connectivity index (χ1v) is 8.81. The quantitative estimate of drug-likeness (QED) is 0.603. The minimum atomic E-state index is -0.321. The predicted octanol–water partition coefficient (Wildman–Crippen LogP) is 2.69. The van der Waals surface area contributed by atoms with Gasteiger partial charge in [-0.05, 0) is 45.0 Å². The number of carbonyl (C=O) groups is 1. The number of anilines is 2. The molecule has 0 fully saturated rings. The molecule has 3 rings (SSSR count). The van der Waals surface area contributed by atoms with Crippen LogP contribution in [0.25, 0.3) is 11.0 Å². The normalized spacial score (nSPS) is 11.5. The summed E-state index contributed by atoms with van der Waals surface area (Å²) in [6, 6.07) is 7.25. The summed E-state index contributed by atoms with van der Waals surface area (Å²) in [6.07, 6.45) is 1.50. The number of hydrogen-bond donors (Lipinski definition) is 3. The summed E-state index contributed by atoms with van der Waals surface area (Å²) in [5.74, 6) is -0.0288. The molecule has 2 aromatic heterocycles. The van der Waals surface area contributed by atoms with E-state index in [9.17, 15) is 9.59 Å². The van der Waals surface area contributed by atoms with Crippen LogP contribution in [0.5, 0.6) is 0 Å². The number of fused-ring (bicyclic) bond motifs is 1. The van der Waals surface area contributed by atoms with E-state index in [0.717, 1.165) is 4.47 Å². The van der Waals surface area contributed by atoms with Gasteiger partial charge in [-0.25, -0.2) is 4.68 Å². The van der Waals surface area contributed by atoms with Crippen molar-refractivity contribution < 1.29 is 4.79 Å². The minimum Gasteiger partial charge on any atom is -0.347 e. The topological polar surface area (TPSA) is 105 Å². The van der Waals surface area contributed by atoms with E-state index in [4.69, 9.17) is 0 Å². The fraction of sp³-hybridized carbons (Fsp3) is 0.294. The largest absolute Gasteiger partial charge is 0.347 e. The van der Waals surface area contributed by atoms with E-state index in [1.54, 1.807) is 16.8 Å². The van der Waals surface area contributed by atoms with Crippen molar-refractivity contribution in [1.82, 2.24) is 19.7 Å². The van der Waals surface area contributed by atoms with E-state index in [2.05, 4.69) is 41.6 Å². The van der Waals surface area contributed by atoms with Crippen molar-refractivity contribution in [2.75, 3.05) is 17.2 Å². The van der Waals surface area contributed by atoms with Crippen LogP contribution in [-0.4, -0.2) is 32.2 Å². The Hall–Kier alpha value is -2.68. The number of benzene rings is 1. The molecule has 1 aromatic carbocycles. The van der Waals surface area contributed by atoms with Crippen molar-refractivity contribution in [2.24, 2.45) is 0 Å². The Labute approximate surface area is 158 Å². The van der Waals surface area contributed by atoms with E-state index < -0.39 is 0 Å². The van der Waals surface area contributed by atoms with Crippen LogP contribution in [0.4, 0.5) is 11.6 Å². The smallest absolute Gasteiger partial charge is 0.263 e.